The number of nitrogen functional groups attached to an aromatic ring is 1. The second-order valence-electron chi connectivity index (χ2n) is 10.4. The number of hydrogen-bond donors (Lipinski definition) is 6. The number of nitrogens with one attached hydrogen (secondary N) is 2. The Hall–Kier alpha value is -4.35. The summed E-state index contributed by atoms with van der Waals surface area (Å²) < 4.78 is 6.46. The summed E-state index contributed by atoms with van der Waals surface area (Å²) in [6.07, 6.45) is 0. The molecule has 47 heavy (non-hydrogen) atoms. The predicted octanol–water partition coefficient (Wildman–Crippen LogP) is -1.18. The van der Waals surface area contributed by atoms with Crippen LogP contribution in [0, 0.1) is 0 Å². The van der Waals surface area contributed by atoms with Crippen molar-refractivity contribution in [3.8, 4) is 0 Å². The molecule has 0 saturated carbocycles. The van der Waals surface area contributed by atoms with Crippen LogP contribution in [-0.2, 0) is 42.0 Å². The number of aliphatic carboxylic acids is 1. The van der Waals surface area contributed by atoms with Crippen LogP contribution in [0.4, 0.5) is 5.13 Å². The second kappa shape index (κ2) is 13.8. The van der Waals surface area contributed by atoms with Gasteiger partial charge in [0.05, 0.1) is 12.3 Å². The van der Waals surface area contributed by atoms with E-state index in [0.717, 1.165) is 16.2 Å². The minimum absolute atomic E-state index is 0.0384. The Bertz CT molecular complexity index is 1810. The number of rotatable bonds is 13. The normalized spacial score (nSPS) is 18.2. The van der Waals surface area contributed by atoms with E-state index in [4.69, 9.17) is 21.2 Å². The van der Waals surface area contributed by atoms with Gasteiger partial charge in [-0.2, -0.15) is 9.50 Å². The van der Waals surface area contributed by atoms with Crippen molar-refractivity contribution >= 4 is 75.2 Å². The summed E-state index contributed by atoms with van der Waals surface area (Å²) in [6.45, 7) is 2.56. The molecule has 0 bridgehead atoms. The highest BCUT2D eigenvalue weighted by molar-refractivity contribution is 8.01. The van der Waals surface area contributed by atoms with Gasteiger partial charge in [-0.15, -0.1) is 40.0 Å². The van der Waals surface area contributed by atoms with Gasteiger partial charge in [0.2, 0.25) is 5.60 Å². The smallest absolute Gasteiger partial charge is 0.352 e. The Morgan fingerprint density at radius 1 is 1.28 bits per heavy atom. The highest BCUT2D eigenvalue weighted by Gasteiger charge is 2.54. The van der Waals surface area contributed by atoms with Gasteiger partial charge >= 0.3 is 5.97 Å². The van der Waals surface area contributed by atoms with Crippen molar-refractivity contribution < 1.29 is 39.0 Å². The number of methoxy groups -OCH3 is 1. The monoisotopic (exact) mass is 707 g/mol. The SMILES string of the molecule is COCc1nc2nc(SCC3=C(C(=O)O)N4C(=O)C(NC(=O)C(=NOC(C)(C)C(=O)NN)c5csc(N)n5)[C@@H]4SC3)cc(CO)n2n1. The minimum Gasteiger partial charge on any atom is -0.477 e. The summed E-state index contributed by atoms with van der Waals surface area (Å²) in [5, 5.41) is 32.0. The number of nitrogens with zero attached hydrogens (tertiary/aromatic N) is 7. The van der Waals surface area contributed by atoms with E-state index in [2.05, 4.69) is 30.5 Å². The first-order chi connectivity index (χ1) is 22.4. The van der Waals surface area contributed by atoms with Crippen LogP contribution in [0.3, 0.4) is 0 Å². The first-order valence-corrected chi connectivity index (χ1v) is 16.5. The standard InChI is InChI=1S/C25H29N11O8S3/c1-25(2,22(42)32-27)44-34-15(12-9-47-23(26)28-12)18(38)31-16-19(39)35-17(21(40)41)10(8-46-20(16)35)7-45-14-4-11(5-37)36-24(30-14)29-13(33-36)6-43-3/h4,9,16,20,37H,5-8,27H2,1-3H3,(H2,26,28)(H,31,38)(H,32,42)(H,40,41)/t16?,20-/m0/s1. The molecular formula is C25H29N11O8S3. The number of anilines is 1. The Morgan fingerprint density at radius 3 is 2.68 bits per heavy atom. The molecule has 2 aliphatic rings. The number of hydrazine groups is 1. The molecule has 0 aromatic carbocycles. The number of β-lactam (4-membered cyclic amide) rings is 1. The van der Waals surface area contributed by atoms with Gasteiger partial charge in [-0.3, -0.25) is 24.7 Å². The number of carboxylic acid groups (broad SMARTS) is 1. The molecule has 1 fully saturated rings. The van der Waals surface area contributed by atoms with Crippen molar-refractivity contribution in [2.45, 2.75) is 49.1 Å². The summed E-state index contributed by atoms with van der Waals surface area (Å²) in [4.78, 5) is 70.4. The van der Waals surface area contributed by atoms with Crippen LogP contribution in [0.25, 0.3) is 5.78 Å². The number of carbonyl (C=O) groups is 4. The van der Waals surface area contributed by atoms with Gasteiger partial charge in [0, 0.05) is 24.0 Å². The number of hydrogen-bond acceptors (Lipinski definition) is 17. The Morgan fingerprint density at radius 2 is 2.04 bits per heavy atom. The highest BCUT2D eigenvalue weighted by atomic mass is 32.2. The van der Waals surface area contributed by atoms with Crippen LogP contribution in [0.1, 0.15) is 31.1 Å². The number of thioether (sulfide) groups is 2. The molecule has 22 heteroatoms. The first kappa shape index (κ1) is 34.0. The lowest BCUT2D eigenvalue weighted by Gasteiger charge is -2.49. The molecule has 2 atom stereocenters. The Balaban J connectivity index is 1.33. The number of carboxylic acids is 1. The van der Waals surface area contributed by atoms with Gasteiger partial charge in [0.25, 0.3) is 23.5 Å². The first-order valence-electron chi connectivity index (χ1n) is 13.6. The lowest BCUT2D eigenvalue weighted by molar-refractivity contribution is -0.150. The minimum atomic E-state index is -1.57. The number of oxime groups is 1. The van der Waals surface area contributed by atoms with Crippen LogP contribution in [0.15, 0.2) is 32.9 Å². The van der Waals surface area contributed by atoms with Crippen LogP contribution in [0.2, 0.25) is 0 Å². The lowest BCUT2D eigenvalue weighted by atomic mass is 10.0. The van der Waals surface area contributed by atoms with E-state index in [9.17, 15) is 29.4 Å². The molecule has 3 amide bonds. The van der Waals surface area contributed by atoms with Gasteiger partial charge in [0.1, 0.15) is 34.4 Å². The molecule has 0 spiro atoms. The molecule has 1 saturated heterocycles. The number of aliphatic hydroxyl groups is 1. The number of fused-ring (bicyclic) bond motifs is 2. The zero-order valence-electron chi connectivity index (χ0n) is 25.0. The molecule has 0 radical (unpaired) electrons. The molecule has 5 heterocycles. The molecule has 8 N–H and O–H groups in total. The largest absolute Gasteiger partial charge is 0.477 e. The average molecular weight is 708 g/mol. The number of thiazole rings is 1. The van der Waals surface area contributed by atoms with E-state index < -0.39 is 40.7 Å². The van der Waals surface area contributed by atoms with E-state index in [1.165, 1.54) is 54.4 Å². The molecular weight excluding hydrogens is 679 g/mol. The van der Waals surface area contributed by atoms with Crippen LogP contribution >= 0.6 is 34.9 Å². The van der Waals surface area contributed by atoms with Crippen molar-refractivity contribution in [1.82, 2.24) is 40.2 Å². The number of aromatic nitrogens is 5. The summed E-state index contributed by atoms with van der Waals surface area (Å²) in [6, 6.07) is 0.522. The lowest BCUT2D eigenvalue weighted by Crippen LogP contribution is -2.71. The molecule has 19 nitrogen and oxygen atoms in total. The molecule has 3 aromatic rings. The van der Waals surface area contributed by atoms with Gasteiger partial charge in [0.15, 0.2) is 16.7 Å². The summed E-state index contributed by atoms with van der Waals surface area (Å²) in [5.74, 6) is 2.69. The van der Waals surface area contributed by atoms with Crippen molar-refractivity contribution in [2.24, 2.45) is 11.0 Å². The number of ether oxygens (including phenoxy) is 1. The van der Waals surface area contributed by atoms with Crippen LogP contribution in [-0.4, -0.2) is 105 Å². The van der Waals surface area contributed by atoms with Crippen molar-refractivity contribution in [1.29, 1.82) is 0 Å². The maximum Gasteiger partial charge on any atom is 0.352 e. The number of nitrogens with two attached hydrogens (primary N) is 2. The van der Waals surface area contributed by atoms with Crippen molar-refractivity contribution in [2.75, 3.05) is 24.3 Å². The zero-order valence-corrected chi connectivity index (χ0v) is 27.4. The Kier molecular flexibility index (Phi) is 9.97. The quantitative estimate of drug-likeness (QED) is 0.0232. The molecule has 3 aromatic heterocycles. The molecule has 250 valence electrons. The Labute approximate surface area is 278 Å². The van der Waals surface area contributed by atoms with E-state index in [1.807, 2.05) is 5.43 Å². The van der Waals surface area contributed by atoms with E-state index in [0.29, 0.717) is 22.1 Å². The topological polar surface area (TPSA) is 275 Å². The molecule has 5 rings (SSSR count). The van der Waals surface area contributed by atoms with Gasteiger partial charge in [-0.25, -0.2) is 20.6 Å². The van der Waals surface area contributed by atoms with Gasteiger partial charge < -0.3 is 30.8 Å². The predicted molar refractivity (Wildman–Crippen MR) is 168 cm³/mol. The summed E-state index contributed by atoms with van der Waals surface area (Å²) in [5.41, 5.74) is 6.49. The molecule has 2 aliphatic heterocycles. The summed E-state index contributed by atoms with van der Waals surface area (Å²) in [7, 11) is 1.50. The van der Waals surface area contributed by atoms with Crippen molar-refractivity contribution in [3.63, 3.8) is 0 Å². The molecule has 0 aliphatic carbocycles. The third-order valence-corrected chi connectivity index (χ3v) is 9.81. The second-order valence-corrected chi connectivity index (χ2v) is 13.4. The fourth-order valence-electron chi connectivity index (χ4n) is 4.46. The van der Waals surface area contributed by atoms with Crippen LogP contribution in [0.5, 0.6) is 0 Å². The van der Waals surface area contributed by atoms with Crippen LogP contribution < -0.4 is 22.3 Å². The fraction of sp³-hybridized carbons (Fsp3) is 0.400. The average Bonchev–Trinajstić information content (AvgIpc) is 3.66. The van der Waals surface area contributed by atoms with Gasteiger partial charge in [-0.1, -0.05) is 5.16 Å². The highest BCUT2D eigenvalue weighted by Crippen LogP contribution is 2.41. The third kappa shape index (κ3) is 6.87. The number of amides is 3. The van der Waals surface area contributed by atoms with E-state index in [-0.39, 0.29) is 52.7 Å². The van der Waals surface area contributed by atoms with Crippen molar-refractivity contribution in [3.05, 3.63) is 39.9 Å². The maximum absolute atomic E-state index is 13.4. The zero-order chi connectivity index (χ0) is 34.0. The molecule has 1 unspecified atom stereocenters. The maximum atomic E-state index is 13.4. The summed E-state index contributed by atoms with van der Waals surface area (Å²) >= 11 is 3.51. The fourth-order valence-corrected chi connectivity index (χ4v) is 7.41. The number of carbonyl (C=O) groups excluding carboxylic acids is 3. The third-order valence-electron chi connectivity index (χ3n) is 6.80. The van der Waals surface area contributed by atoms with E-state index in [1.54, 1.807) is 6.07 Å². The van der Waals surface area contributed by atoms with E-state index >= 15 is 0 Å². The van der Waals surface area contributed by atoms with Gasteiger partial charge in [-0.05, 0) is 25.5 Å². The number of aliphatic hydroxyl groups excluding tert-OH is 1.